The maximum atomic E-state index is 12.0. The lowest BCUT2D eigenvalue weighted by Crippen LogP contribution is -2.40. The van der Waals surface area contributed by atoms with E-state index in [9.17, 15) is 9.59 Å². The number of carbonyl (C=O) groups is 2. The van der Waals surface area contributed by atoms with Gasteiger partial charge in [0, 0.05) is 13.2 Å². The van der Waals surface area contributed by atoms with Gasteiger partial charge in [-0.25, -0.2) is 4.79 Å². The Bertz CT molecular complexity index is 432. The van der Waals surface area contributed by atoms with Gasteiger partial charge < -0.3 is 10.0 Å². The third-order valence-corrected chi connectivity index (χ3v) is 2.71. The number of aliphatic carboxylic acids is 1. The van der Waals surface area contributed by atoms with Crippen molar-refractivity contribution in [1.82, 2.24) is 9.88 Å². The molecule has 1 N–H and O–H groups in total. The fourth-order valence-electron chi connectivity index (χ4n) is 1.33. The zero-order chi connectivity index (χ0) is 13.0. The van der Waals surface area contributed by atoms with E-state index in [0.29, 0.717) is 0 Å². The first-order valence-corrected chi connectivity index (χ1v) is 5.42. The third-order valence-electron chi connectivity index (χ3n) is 2.71. The van der Waals surface area contributed by atoms with E-state index >= 15 is 0 Å². The Morgan fingerprint density at radius 2 is 2.18 bits per heavy atom. The van der Waals surface area contributed by atoms with E-state index in [1.165, 1.54) is 18.9 Å². The van der Waals surface area contributed by atoms with Crippen LogP contribution in [0.5, 0.6) is 0 Å². The molecule has 0 aliphatic carbocycles. The molecule has 1 amide bonds. The van der Waals surface area contributed by atoms with Crippen LogP contribution in [-0.2, 0) is 11.2 Å². The van der Waals surface area contributed by atoms with E-state index in [-0.39, 0.29) is 11.6 Å². The summed E-state index contributed by atoms with van der Waals surface area (Å²) in [5.74, 6) is -1.41. The summed E-state index contributed by atoms with van der Waals surface area (Å²) in [6, 6.07) is 2.65. The molecule has 1 atom stereocenters. The molecule has 1 unspecified atom stereocenters. The number of likely N-dealkylation sites (N-methyl/N-ethyl adjacent to an activating group) is 1. The van der Waals surface area contributed by atoms with Gasteiger partial charge in [0.15, 0.2) is 0 Å². The monoisotopic (exact) mass is 236 g/mol. The first-order valence-electron chi connectivity index (χ1n) is 5.42. The molecule has 0 spiro atoms. The van der Waals surface area contributed by atoms with E-state index < -0.39 is 12.0 Å². The number of carboxylic acids is 1. The van der Waals surface area contributed by atoms with Crippen molar-refractivity contribution in [2.24, 2.45) is 0 Å². The van der Waals surface area contributed by atoms with Gasteiger partial charge in [-0.05, 0) is 31.0 Å². The van der Waals surface area contributed by atoms with Crippen LogP contribution in [0.25, 0.3) is 0 Å². The summed E-state index contributed by atoms with van der Waals surface area (Å²) in [6.45, 7) is 3.44. The number of aromatic nitrogens is 1. The van der Waals surface area contributed by atoms with E-state index in [4.69, 9.17) is 5.11 Å². The molecule has 0 radical (unpaired) electrons. The van der Waals surface area contributed by atoms with Gasteiger partial charge in [0.25, 0.3) is 5.91 Å². The smallest absolute Gasteiger partial charge is 0.326 e. The van der Waals surface area contributed by atoms with Crippen molar-refractivity contribution in [3.05, 3.63) is 29.6 Å². The van der Waals surface area contributed by atoms with E-state index in [0.717, 1.165) is 12.0 Å². The highest BCUT2D eigenvalue weighted by atomic mass is 16.4. The summed E-state index contributed by atoms with van der Waals surface area (Å²) < 4.78 is 0. The Morgan fingerprint density at radius 3 is 2.71 bits per heavy atom. The first kappa shape index (κ1) is 13.2. The summed E-state index contributed by atoms with van der Waals surface area (Å²) in [5, 5.41) is 8.83. The maximum absolute atomic E-state index is 12.0. The molecule has 0 saturated carbocycles. The van der Waals surface area contributed by atoms with Gasteiger partial charge in [0.05, 0.1) is 0 Å². The summed E-state index contributed by atoms with van der Waals surface area (Å²) in [6.07, 6.45) is 2.37. The highest BCUT2D eigenvalue weighted by Gasteiger charge is 2.23. The second kappa shape index (κ2) is 5.43. The summed E-state index contributed by atoms with van der Waals surface area (Å²) in [4.78, 5) is 27.9. The summed E-state index contributed by atoms with van der Waals surface area (Å²) in [5.41, 5.74) is 1.28. The van der Waals surface area contributed by atoms with Crippen LogP contribution in [0.2, 0.25) is 0 Å². The third kappa shape index (κ3) is 3.03. The van der Waals surface area contributed by atoms with Crippen molar-refractivity contribution >= 4 is 11.9 Å². The standard InChI is InChI=1S/C12H16N2O3/c1-4-9-5-6-13-10(7-9)11(15)14(3)8(2)12(16)17/h5-8H,4H2,1-3H3,(H,16,17). The van der Waals surface area contributed by atoms with Gasteiger partial charge in [0.2, 0.25) is 0 Å². The van der Waals surface area contributed by atoms with E-state index in [2.05, 4.69) is 4.98 Å². The maximum Gasteiger partial charge on any atom is 0.326 e. The molecule has 0 aromatic carbocycles. The van der Waals surface area contributed by atoms with Gasteiger partial charge in [-0.1, -0.05) is 6.92 Å². The first-order chi connectivity index (χ1) is 7.97. The average Bonchev–Trinajstić information content (AvgIpc) is 2.36. The molecule has 0 bridgehead atoms. The second-order valence-electron chi connectivity index (χ2n) is 3.83. The van der Waals surface area contributed by atoms with Crippen molar-refractivity contribution < 1.29 is 14.7 Å². The second-order valence-corrected chi connectivity index (χ2v) is 3.83. The Labute approximate surface area is 100 Å². The topological polar surface area (TPSA) is 70.5 Å². The van der Waals surface area contributed by atoms with Crippen LogP contribution >= 0.6 is 0 Å². The molecule has 0 aliphatic heterocycles. The minimum atomic E-state index is -1.03. The van der Waals surface area contributed by atoms with Crippen LogP contribution in [0.1, 0.15) is 29.9 Å². The van der Waals surface area contributed by atoms with Crippen molar-refractivity contribution in [2.75, 3.05) is 7.05 Å². The molecule has 5 heteroatoms. The molecular formula is C12H16N2O3. The van der Waals surface area contributed by atoms with Gasteiger partial charge in [0.1, 0.15) is 11.7 Å². The Hall–Kier alpha value is -1.91. The highest BCUT2D eigenvalue weighted by Crippen LogP contribution is 2.07. The Kier molecular flexibility index (Phi) is 4.20. The predicted molar refractivity (Wildman–Crippen MR) is 62.8 cm³/mol. The lowest BCUT2D eigenvalue weighted by Gasteiger charge is -2.21. The Morgan fingerprint density at radius 1 is 1.53 bits per heavy atom. The molecule has 0 fully saturated rings. The van der Waals surface area contributed by atoms with Crippen LogP contribution in [0.15, 0.2) is 18.3 Å². The molecule has 1 heterocycles. The number of hydrogen-bond acceptors (Lipinski definition) is 3. The lowest BCUT2D eigenvalue weighted by atomic mass is 10.1. The summed E-state index contributed by atoms with van der Waals surface area (Å²) in [7, 11) is 1.46. The number of carbonyl (C=O) groups excluding carboxylic acids is 1. The van der Waals surface area contributed by atoms with E-state index in [1.54, 1.807) is 12.3 Å². The van der Waals surface area contributed by atoms with Gasteiger partial charge in [-0.15, -0.1) is 0 Å². The molecule has 1 aromatic rings. The van der Waals surface area contributed by atoms with Gasteiger partial charge >= 0.3 is 5.97 Å². The van der Waals surface area contributed by atoms with Crippen molar-refractivity contribution in [3.63, 3.8) is 0 Å². The molecular weight excluding hydrogens is 220 g/mol. The fourth-order valence-corrected chi connectivity index (χ4v) is 1.33. The van der Waals surface area contributed by atoms with Crippen molar-refractivity contribution in [2.45, 2.75) is 26.3 Å². The normalized spacial score (nSPS) is 11.9. The molecule has 1 aromatic heterocycles. The largest absolute Gasteiger partial charge is 0.480 e. The highest BCUT2D eigenvalue weighted by molar-refractivity contribution is 5.94. The molecule has 17 heavy (non-hydrogen) atoms. The Balaban J connectivity index is 2.92. The minimum Gasteiger partial charge on any atom is -0.480 e. The van der Waals surface area contributed by atoms with Crippen LogP contribution in [0.4, 0.5) is 0 Å². The zero-order valence-electron chi connectivity index (χ0n) is 10.2. The predicted octanol–water partition coefficient (Wildman–Crippen LogP) is 1.19. The number of pyridine rings is 1. The number of carboxylic acid groups (broad SMARTS) is 1. The minimum absolute atomic E-state index is 0.278. The van der Waals surface area contributed by atoms with Crippen LogP contribution in [0, 0.1) is 0 Å². The molecule has 92 valence electrons. The van der Waals surface area contributed by atoms with Crippen molar-refractivity contribution in [3.8, 4) is 0 Å². The van der Waals surface area contributed by atoms with Crippen LogP contribution in [0.3, 0.4) is 0 Å². The van der Waals surface area contributed by atoms with E-state index in [1.807, 2.05) is 13.0 Å². The fraction of sp³-hybridized carbons (Fsp3) is 0.417. The molecule has 5 nitrogen and oxygen atoms in total. The molecule has 0 saturated heterocycles. The number of hydrogen-bond donors (Lipinski definition) is 1. The average molecular weight is 236 g/mol. The van der Waals surface area contributed by atoms with Gasteiger partial charge in [-0.2, -0.15) is 0 Å². The molecule has 0 aliphatic rings. The molecule has 1 rings (SSSR count). The van der Waals surface area contributed by atoms with Gasteiger partial charge in [-0.3, -0.25) is 9.78 Å². The zero-order valence-corrected chi connectivity index (χ0v) is 10.2. The quantitative estimate of drug-likeness (QED) is 0.852. The van der Waals surface area contributed by atoms with Crippen LogP contribution < -0.4 is 0 Å². The van der Waals surface area contributed by atoms with Crippen molar-refractivity contribution in [1.29, 1.82) is 0 Å². The summed E-state index contributed by atoms with van der Waals surface area (Å²) >= 11 is 0. The SMILES string of the molecule is CCc1ccnc(C(=O)N(C)C(C)C(=O)O)c1. The van der Waals surface area contributed by atoms with Crippen LogP contribution in [-0.4, -0.2) is 40.0 Å². The number of rotatable bonds is 4. The number of aryl methyl sites for hydroxylation is 1. The lowest BCUT2D eigenvalue weighted by molar-refractivity contribution is -0.141. The number of amides is 1. The number of nitrogens with zero attached hydrogens (tertiary/aromatic N) is 2.